The van der Waals surface area contributed by atoms with Crippen molar-refractivity contribution in [3.8, 4) is 11.3 Å². The van der Waals surface area contributed by atoms with Crippen LogP contribution in [-0.4, -0.2) is 27.8 Å². The lowest BCUT2D eigenvalue weighted by atomic mass is 10.0. The van der Waals surface area contributed by atoms with E-state index in [1.54, 1.807) is 0 Å². The van der Waals surface area contributed by atoms with E-state index in [9.17, 15) is 0 Å². The molecule has 0 spiro atoms. The van der Waals surface area contributed by atoms with Crippen LogP contribution < -0.4 is 0 Å². The molecule has 0 amide bonds. The molecule has 2 heterocycles. The molecule has 0 atom stereocenters. The van der Waals surface area contributed by atoms with Gasteiger partial charge in [0.05, 0.1) is 11.7 Å². The summed E-state index contributed by atoms with van der Waals surface area (Å²) in [4.78, 5) is 2.55. The van der Waals surface area contributed by atoms with Crippen molar-refractivity contribution in [2.24, 2.45) is 0 Å². The van der Waals surface area contributed by atoms with Gasteiger partial charge in [0.1, 0.15) is 0 Å². The fourth-order valence-corrected chi connectivity index (χ4v) is 3.49. The third kappa shape index (κ3) is 3.41. The first-order valence-electron chi connectivity index (χ1n) is 8.75. The zero-order valence-corrected chi connectivity index (χ0v) is 13.9. The smallest absolute Gasteiger partial charge is 0.0923 e. The number of hydrogen-bond acceptors (Lipinski definition) is 2. The summed E-state index contributed by atoms with van der Waals surface area (Å²) in [6.07, 6.45) is 4.48. The van der Waals surface area contributed by atoms with Crippen LogP contribution in [0.5, 0.6) is 0 Å². The molecule has 0 bridgehead atoms. The lowest BCUT2D eigenvalue weighted by molar-refractivity contribution is 0.173. The highest BCUT2D eigenvalue weighted by molar-refractivity contribution is 5.58. The van der Waals surface area contributed by atoms with E-state index in [1.807, 2.05) is 6.07 Å². The van der Waals surface area contributed by atoms with Gasteiger partial charge >= 0.3 is 0 Å². The van der Waals surface area contributed by atoms with Crippen LogP contribution in [0.3, 0.4) is 0 Å². The molecule has 4 rings (SSSR count). The van der Waals surface area contributed by atoms with E-state index in [4.69, 9.17) is 5.10 Å². The van der Waals surface area contributed by atoms with Gasteiger partial charge in [0.15, 0.2) is 0 Å². The summed E-state index contributed by atoms with van der Waals surface area (Å²) in [7, 11) is 0. The first-order valence-corrected chi connectivity index (χ1v) is 8.75. The lowest BCUT2D eigenvalue weighted by Crippen LogP contribution is -2.34. The predicted molar refractivity (Wildman–Crippen MR) is 97.7 cm³/mol. The molecule has 0 unspecified atom stereocenters. The number of hydrogen-bond donors (Lipinski definition) is 0. The molecule has 24 heavy (non-hydrogen) atoms. The molecule has 2 aromatic carbocycles. The Morgan fingerprint density at radius 1 is 0.833 bits per heavy atom. The number of rotatable bonds is 4. The number of piperidine rings is 1. The van der Waals surface area contributed by atoms with Gasteiger partial charge in [-0.3, -0.25) is 9.58 Å². The highest BCUT2D eigenvalue weighted by Gasteiger charge is 2.21. The van der Waals surface area contributed by atoms with Gasteiger partial charge in [-0.05, 0) is 24.5 Å². The van der Waals surface area contributed by atoms with E-state index in [2.05, 4.69) is 76.4 Å². The number of nitrogens with zero attached hydrogens (tertiary/aromatic N) is 3. The normalized spacial score (nSPS) is 16.3. The maximum atomic E-state index is 4.81. The third-order valence-corrected chi connectivity index (χ3v) is 4.86. The van der Waals surface area contributed by atoms with E-state index < -0.39 is 0 Å². The van der Waals surface area contributed by atoms with Crippen LogP contribution >= 0.6 is 0 Å². The zero-order valence-electron chi connectivity index (χ0n) is 13.9. The van der Waals surface area contributed by atoms with Gasteiger partial charge in [0.2, 0.25) is 0 Å². The minimum Gasteiger partial charge on any atom is -0.299 e. The van der Waals surface area contributed by atoms with Crippen molar-refractivity contribution in [3.63, 3.8) is 0 Å². The molecule has 1 saturated heterocycles. The van der Waals surface area contributed by atoms with Crippen molar-refractivity contribution in [2.45, 2.75) is 25.4 Å². The first-order chi connectivity index (χ1) is 11.9. The van der Waals surface area contributed by atoms with Gasteiger partial charge in [-0.15, -0.1) is 0 Å². The number of benzene rings is 2. The van der Waals surface area contributed by atoms with Gasteiger partial charge in [0, 0.05) is 31.4 Å². The SMILES string of the molecule is c1ccc(CN2CCC(n3ccc(-c4ccccc4)n3)CC2)cc1. The summed E-state index contributed by atoms with van der Waals surface area (Å²) in [5.74, 6) is 0. The van der Waals surface area contributed by atoms with Crippen molar-refractivity contribution in [1.29, 1.82) is 0 Å². The average Bonchev–Trinajstić information content (AvgIpc) is 3.14. The first kappa shape index (κ1) is 15.2. The van der Waals surface area contributed by atoms with E-state index in [0.29, 0.717) is 6.04 Å². The average molecular weight is 317 g/mol. The fourth-order valence-electron chi connectivity index (χ4n) is 3.49. The van der Waals surface area contributed by atoms with Crippen LogP contribution in [0.1, 0.15) is 24.4 Å². The second-order valence-electron chi connectivity index (χ2n) is 6.54. The van der Waals surface area contributed by atoms with Gasteiger partial charge in [-0.2, -0.15) is 5.10 Å². The summed E-state index contributed by atoms with van der Waals surface area (Å²) in [5, 5.41) is 4.81. The maximum absolute atomic E-state index is 4.81. The Balaban J connectivity index is 1.37. The topological polar surface area (TPSA) is 21.1 Å². The van der Waals surface area contributed by atoms with Gasteiger partial charge in [0.25, 0.3) is 0 Å². The van der Waals surface area contributed by atoms with Crippen LogP contribution in [-0.2, 0) is 6.54 Å². The Labute approximate surface area is 143 Å². The van der Waals surface area contributed by atoms with E-state index in [-0.39, 0.29) is 0 Å². The Morgan fingerprint density at radius 3 is 2.21 bits per heavy atom. The minimum absolute atomic E-state index is 0.523. The molecule has 0 saturated carbocycles. The number of aromatic nitrogens is 2. The molecule has 1 aliphatic rings. The molecule has 1 aliphatic heterocycles. The maximum Gasteiger partial charge on any atom is 0.0923 e. The molecular formula is C21H23N3. The van der Waals surface area contributed by atoms with Gasteiger partial charge in [-0.25, -0.2) is 0 Å². The zero-order chi connectivity index (χ0) is 16.2. The van der Waals surface area contributed by atoms with Crippen LogP contribution in [0.25, 0.3) is 11.3 Å². The lowest BCUT2D eigenvalue weighted by Gasteiger charge is -2.32. The second kappa shape index (κ2) is 7.02. The summed E-state index contributed by atoms with van der Waals surface area (Å²) in [6, 6.07) is 23.8. The highest BCUT2D eigenvalue weighted by atomic mass is 15.3. The van der Waals surface area contributed by atoms with Crippen molar-refractivity contribution >= 4 is 0 Å². The third-order valence-electron chi connectivity index (χ3n) is 4.86. The summed E-state index contributed by atoms with van der Waals surface area (Å²) >= 11 is 0. The Bertz CT molecular complexity index is 756. The number of likely N-dealkylation sites (tertiary alicyclic amines) is 1. The molecule has 3 aromatic rings. The molecule has 3 heteroatoms. The Hall–Kier alpha value is -2.39. The largest absolute Gasteiger partial charge is 0.299 e. The van der Waals surface area contributed by atoms with Gasteiger partial charge in [-0.1, -0.05) is 60.7 Å². The van der Waals surface area contributed by atoms with Crippen LogP contribution in [0.4, 0.5) is 0 Å². The van der Waals surface area contributed by atoms with Gasteiger partial charge < -0.3 is 0 Å². The standard InChI is InChI=1S/C21H23N3/c1-3-7-18(8-4-1)17-23-14-11-20(12-15-23)24-16-13-21(22-24)19-9-5-2-6-10-19/h1-10,13,16,20H,11-12,14-15,17H2. The molecule has 0 radical (unpaired) electrons. The van der Waals surface area contributed by atoms with Crippen molar-refractivity contribution < 1.29 is 0 Å². The van der Waals surface area contributed by atoms with E-state index >= 15 is 0 Å². The fraction of sp³-hybridized carbons (Fsp3) is 0.286. The summed E-state index contributed by atoms with van der Waals surface area (Å²) in [5.41, 5.74) is 3.67. The van der Waals surface area contributed by atoms with Crippen molar-refractivity contribution in [1.82, 2.24) is 14.7 Å². The van der Waals surface area contributed by atoms with Crippen molar-refractivity contribution in [3.05, 3.63) is 78.5 Å². The Morgan fingerprint density at radius 2 is 1.50 bits per heavy atom. The van der Waals surface area contributed by atoms with Crippen LogP contribution in [0, 0.1) is 0 Å². The second-order valence-corrected chi connectivity index (χ2v) is 6.54. The highest BCUT2D eigenvalue weighted by Crippen LogP contribution is 2.25. The quantitative estimate of drug-likeness (QED) is 0.712. The van der Waals surface area contributed by atoms with E-state index in [1.165, 1.54) is 24.0 Å². The van der Waals surface area contributed by atoms with Crippen LogP contribution in [0.2, 0.25) is 0 Å². The monoisotopic (exact) mass is 317 g/mol. The molecular weight excluding hydrogens is 294 g/mol. The minimum atomic E-state index is 0.523. The summed E-state index contributed by atoms with van der Waals surface area (Å²) < 4.78 is 2.17. The van der Waals surface area contributed by atoms with Crippen molar-refractivity contribution in [2.75, 3.05) is 13.1 Å². The molecule has 3 nitrogen and oxygen atoms in total. The molecule has 1 fully saturated rings. The molecule has 0 N–H and O–H groups in total. The van der Waals surface area contributed by atoms with Crippen LogP contribution in [0.15, 0.2) is 72.9 Å². The van der Waals surface area contributed by atoms with E-state index in [0.717, 1.165) is 25.3 Å². The molecule has 1 aromatic heterocycles. The molecule has 122 valence electrons. The molecule has 0 aliphatic carbocycles. The predicted octanol–water partition coefficient (Wildman–Crippen LogP) is 4.39. The Kier molecular flexibility index (Phi) is 4.43. The summed E-state index contributed by atoms with van der Waals surface area (Å²) in [6.45, 7) is 3.34.